The summed E-state index contributed by atoms with van der Waals surface area (Å²) in [6, 6.07) is 9.00. The minimum Gasteiger partial charge on any atom is -0.330 e. The van der Waals surface area contributed by atoms with Gasteiger partial charge >= 0.3 is 0 Å². The van der Waals surface area contributed by atoms with Gasteiger partial charge in [-0.25, -0.2) is 0 Å². The number of rotatable bonds is 4. The van der Waals surface area contributed by atoms with Gasteiger partial charge in [-0.3, -0.25) is 4.90 Å². The van der Waals surface area contributed by atoms with Crippen LogP contribution in [-0.4, -0.2) is 36.0 Å². The van der Waals surface area contributed by atoms with E-state index in [1.807, 2.05) is 0 Å². The van der Waals surface area contributed by atoms with Gasteiger partial charge in [0.05, 0.1) is 0 Å². The van der Waals surface area contributed by atoms with Gasteiger partial charge in [-0.2, -0.15) is 11.8 Å². The molecule has 0 radical (unpaired) electrons. The molecule has 0 aliphatic carbocycles. The van der Waals surface area contributed by atoms with Crippen LogP contribution in [0.2, 0.25) is 0 Å². The van der Waals surface area contributed by atoms with Crippen LogP contribution in [0, 0.1) is 0 Å². The lowest BCUT2D eigenvalue weighted by Crippen LogP contribution is -2.25. The van der Waals surface area contributed by atoms with Crippen LogP contribution in [0.25, 0.3) is 0 Å². The second kappa shape index (κ2) is 7.17. The first-order chi connectivity index (χ1) is 8.79. The van der Waals surface area contributed by atoms with Gasteiger partial charge in [0.25, 0.3) is 0 Å². The molecule has 3 heteroatoms. The third-order valence-corrected chi connectivity index (χ3v) is 4.67. The van der Waals surface area contributed by atoms with Crippen LogP contribution < -0.4 is 5.73 Å². The number of thioether (sulfide) groups is 1. The van der Waals surface area contributed by atoms with Crippen LogP contribution >= 0.6 is 11.8 Å². The number of nitrogens with zero attached hydrogens (tertiary/aromatic N) is 1. The molecule has 1 aliphatic heterocycles. The Morgan fingerprint density at radius 3 is 2.72 bits per heavy atom. The van der Waals surface area contributed by atoms with Crippen LogP contribution in [0.5, 0.6) is 0 Å². The minimum absolute atomic E-state index is 0.466. The molecular formula is C15H24N2S. The van der Waals surface area contributed by atoms with Crippen molar-refractivity contribution in [1.82, 2.24) is 4.90 Å². The molecular weight excluding hydrogens is 240 g/mol. The number of hydrogen-bond donors (Lipinski definition) is 1. The molecule has 2 N–H and O–H groups in total. The predicted octanol–water partition coefficient (Wildman–Crippen LogP) is 2.69. The number of hydrogen-bond acceptors (Lipinski definition) is 3. The van der Waals surface area contributed by atoms with Crippen LogP contribution in [0.3, 0.4) is 0 Å². The molecule has 0 spiro atoms. The summed E-state index contributed by atoms with van der Waals surface area (Å²) in [6.45, 7) is 6.47. The highest BCUT2D eigenvalue weighted by atomic mass is 32.2. The zero-order valence-electron chi connectivity index (χ0n) is 11.3. The van der Waals surface area contributed by atoms with E-state index >= 15 is 0 Å². The van der Waals surface area contributed by atoms with Gasteiger partial charge in [0.15, 0.2) is 0 Å². The fraction of sp³-hybridized carbons (Fsp3) is 0.600. The molecule has 1 saturated heterocycles. The van der Waals surface area contributed by atoms with E-state index in [0.717, 1.165) is 13.1 Å². The Morgan fingerprint density at radius 1 is 1.22 bits per heavy atom. The van der Waals surface area contributed by atoms with Crippen molar-refractivity contribution in [2.45, 2.75) is 25.8 Å². The fourth-order valence-corrected chi connectivity index (χ4v) is 3.23. The van der Waals surface area contributed by atoms with Gasteiger partial charge in [0, 0.05) is 18.8 Å². The van der Waals surface area contributed by atoms with Gasteiger partial charge in [0.2, 0.25) is 0 Å². The van der Waals surface area contributed by atoms with E-state index in [0.29, 0.717) is 5.92 Å². The van der Waals surface area contributed by atoms with E-state index in [2.05, 4.69) is 47.9 Å². The third kappa shape index (κ3) is 4.01. The van der Waals surface area contributed by atoms with Crippen LogP contribution in [-0.2, 0) is 6.54 Å². The van der Waals surface area contributed by atoms with E-state index in [9.17, 15) is 0 Å². The Kier molecular flexibility index (Phi) is 5.54. The van der Waals surface area contributed by atoms with Crippen LogP contribution in [0.4, 0.5) is 0 Å². The summed E-state index contributed by atoms with van der Waals surface area (Å²) in [4.78, 5) is 2.57. The van der Waals surface area contributed by atoms with E-state index in [4.69, 9.17) is 5.73 Å². The van der Waals surface area contributed by atoms with Crippen molar-refractivity contribution in [2.24, 2.45) is 5.73 Å². The monoisotopic (exact) mass is 264 g/mol. The molecule has 100 valence electrons. The standard InChI is InChI=1S/C15H24N2S/c1-13(11-16)15-5-3-14(4-6-15)12-17-7-2-9-18-10-8-17/h3-6,13H,2,7-12,16H2,1H3. The van der Waals surface area contributed by atoms with Crippen molar-refractivity contribution in [2.75, 3.05) is 31.1 Å². The molecule has 2 nitrogen and oxygen atoms in total. The largest absolute Gasteiger partial charge is 0.330 e. The first-order valence-electron chi connectivity index (χ1n) is 6.88. The van der Waals surface area contributed by atoms with Gasteiger partial charge < -0.3 is 5.73 Å². The molecule has 18 heavy (non-hydrogen) atoms. The molecule has 0 aromatic heterocycles. The Bertz CT molecular complexity index is 342. The average molecular weight is 264 g/mol. The second-order valence-corrected chi connectivity index (χ2v) is 6.35. The maximum Gasteiger partial charge on any atom is 0.0234 e. The molecule has 1 aliphatic rings. The van der Waals surface area contributed by atoms with Crippen molar-refractivity contribution in [3.63, 3.8) is 0 Å². The maximum atomic E-state index is 5.70. The molecule has 1 heterocycles. The van der Waals surface area contributed by atoms with Crippen LogP contribution in [0.1, 0.15) is 30.4 Å². The van der Waals surface area contributed by atoms with Gasteiger partial charge in [0.1, 0.15) is 0 Å². The Balaban J connectivity index is 1.92. The smallest absolute Gasteiger partial charge is 0.0234 e. The summed E-state index contributed by atoms with van der Waals surface area (Å²) < 4.78 is 0. The number of benzene rings is 1. The summed E-state index contributed by atoms with van der Waals surface area (Å²) in [5, 5.41) is 0. The third-order valence-electron chi connectivity index (χ3n) is 3.62. The molecule has 0 bridgehead atoms. The van der Waals surface area contributed by atoms with Gasteiger partial charge in [-0.05, 0) is 42.3 Å². The van der Waals surface area contributed by atoms with Crippen molar-refractivity contribution in [3.05, 3.63) is 35.4 Å². The first-order valence-corrected chi connectivity index (χ1v) is 8.04. The first kappa shape index (κ1) is 13.9. The fourth-order valence-electron chi connectivity index (χ4n) is 2.30. The number of nitrogens with two attached hydrogens (primary N) is 1. The normalized spacial score (nSPS) is 19.4. The highest BCUT2D eigenvalue weighted by molar-refractivity contribution is 7.99. The summed E-state index contributed by atoms with van der Waals surface area (Å²) in [7, 11) is 0. The lowest BCUT2D eigenvalue weighted by Gasteiger charge is -2.19. The molecule has 1 aromatic carbocycles. The summed E-state index contributed by atoms with van der Waals surface area (Å²) in [5.41, 5.74) is 8.48. The molecule has 1 fully saturated rings. The Hall–Kier alpha value is -0.510. The Labute approximate surface area is 115 Å². The van der Waals surface area contributed by atoms with Crippen LogP contribution in [0.15, 0.2) is 24.3 Å². The average Bonchev–Trinajstić information content (AvgIpc) is 2.67. The zero-order valence-corrected chi connectivity index (χ0v) is 12.1. The van der Waals surface area contributed by atoms with E-state index in [1.165, 1.54) is 42.1 Å². The van der Waals surface area contributed by atoms with Gasteiger partial charge in [-0.15, -0.1) is 0 Å². The Morgan fingerprint density at radius 2 is 2.00 bits per heavy atom. The lowest BCUT2D eigenvalue weighted by atomic mass is 10.00. The predicted molar refractivity (Wildman–Crippen MR) is 81.1 cm³/mol. The molecule has 0 amide bonds. The molecule has 0 saturated carbocycles. The SMILES string of the molecule is CC(CN)c1ccc(CN2CCCSCC2)cc1. The van der Waals surface area contributed by atoms with Crippen molar-refractivity contribution in [1.29, 1.82) is 0 Å². The highest BCUT2D eigenvalue weighted by Crippen LogP contribution is 2.17. The van der Waals surface area contributed by atoms with E-state index < -0.39 is 0 Å². The molecule has 1 aromatic rings. The molecule has 2 rings (SSSR count). The van der Waals surface area contributed by atoms with Crippen molar-refractivity contribution >= 4 is 11.8 Å². The summed E-state index contributed by atoms with van der Waals surface area (Å²) in [5.74, 6) is 3.07. The maximum absolute atomic E-state index is 5.70. The molecule has 1 atom stereocenters. The summed E-state index contributed by atoms with van der Waals surface area (Å²) >= 11 is 2.08. The summed E-state index contributed by atoms with van der Waals surface area (Å²) in [6.07, 6.45) is 1.33. The lowest BCUT2D eigenvalue weighted by molar-refractivity contribution is 0.287. The van der Waals surface area contributed by atoms with E-state index in [-0.39, 0.29) is 0 Å². The topological polar surface area (TPSA) is 29.3 Å². The van der Waals surface area contributed by atoms with E-state index in [1.54, 1.807) is 0 Å². The minimum atomic E-state index is 0.466. The van der Waals surface area contributed by atoms with Crippen molar-refractivity contribution < 1.29 is 0 Å². The van der Waals surface area contributed by atoms with Crippen molar-refractivity contribution in [3.8, 4) is 0 Å². The molecule has 1 unspecified atom stereocenters. The van der Waals surface area contributed by atoms with Gasteiger partial charge in [-0.1, -0.05) is 31.2 Å². The second-order valence-electron chi connectivity index (χ2n) is 5.12. The highest BCUT2D eigenvalue weighted by Gasteiger charge is 2.10. The zero-order chi connectivity index (χ0) is 12.8. The quantitative estimate of drug-likeness (QED) is 0.906.